The number of pyridine rings is 3. The topological polar surface area (TPSA) is 148 Å². The maximum atomic E-state index is 13.5. The Bertz CT molecular complexity index is 2140. The molecule has 0 aliphatic carbocycles. The first-order valence-corrected chi connectivity index (χ1v) is 19.4. The van der Waals surface area contributed by atoms with Crippen molar-refractivity contribution in [1.82, 2.24) is 30.1 Å². The molecule has 6 heterocycles. The quantitative estimate of drug-likeness (QED) is 0.174. The van der Waals surface area contributed by atoms with Gasteiger partial charge in [0.1, 0.15) is 11.3 Å². The van der Waals surface area contributed by atoms with E-state index in [0.717, 1.165) is 61.5 Å². The highest BCUT2D eigenvalue weighted by Crippen LogP contribution is 2.38. The van der Waals surface area contributed by atoms with Crippen LogP contribution in [0.1, 0.15) is 66.4 Å². The second kappa shape index (κ2) is 16.5. The zero-order valence-electron chi connectivity index (χ0n) is 32.5. The second-order valence-electron chi connectivity index (χ2n) is 15.7. The van der Waals surface area contributed by atoms with E-state index < -0.39 is 11.7 Å². The van der Waals surface area contributed by atoms with Crippen molar-refractivity contribution in [1.29, 1.82) is 0 Å². The predicted molar refractivity (Wildman–Crippen MR) is 212 cm³/mol. The molecule has 2 saturated heterocycles. The van der Waals surface area contributed by atoms with E-state index in [2.05, 4.69) is 25.5 Å². The highest BCUT2D eigenvalue weighted by Gasteiger charge is 2.30. The Balaban J connectivity index is 1.08. The highest BCUT2D eigenvalue weighted by molar-refractivity contribution is 6.35. The zero-order valence-corrected chi connectivity index (χ0v) is 33.2. The summed E-state index contributed by atoms with van der Waals surface area (Å²) >= 11 is 7.10. The number of fused-ring (bicyclic) bond motifs is 1. The molecular formula is C42H48ClN7O6. The van der Waals surface area contributed by atoms with Crippen LogP contribution in [-0.2, 0) is 33.8 Å². The average Bonchev–Trinajstić information content (AvgIpc) is 3.57. The Morgan fingerprint density at radius 1 is 1.09 bits per heavy atom. The molecule has 3 aliphatic heterocycles. The molecule has 0 spiro atoms. The summed E-state index contributed by atoms with van der Waals surface area (Å²) < 4.78 is 16.8. The SMILES string of the molecule is COc1nc(-c2ccnc(-c3cccc(NC(=O)c4cc5c(cn4)CN(CC4COC4)CC5)c3C)c2Cl)ccc1CN(C[C@@H]1CCC(=O)N1)C(=O)OC(C)(C)C. The van der Waals surface area contributed by atoms with Crippen LogP contribution in [0.3, 0.4) is 0 Å². The fourth-order valence-corrected chi connectivity index (χ4v) is 7.62. The van der Waals surface area contributed by atoms with E-state index in [1.54, 1.807) is 17.2 Å². The van der Waals surface area contributed by atoms with Crippen molar-refractivity contribution in [2.75, 3.05) is 45.3 Å². The van der Waals surface area contributed by atoms with Crippen molar-refractivity contribution in [2.45, 2.75) is 71.7 Å². The Hall–Kier alpha value is -5.11. The number of halogens is 1. The van der Waals surface area contributed by atoms with Crippen LogP contribution in [0.5, 0.6) is 5.88 Å². The molecule has 2 N–H and O–H groups in total. The van der Waals surface area contributed by atoms with Gasteiger partial charge in [0.2, 0.25) is 11.8 Å². The van der Waals surface area contributed by atoms with Crippen molar-refractivity contribution in [3.8, 4) is 28.4 Å². The third kappa shape index (κ3) is 8.96. The number of carbonyl (C=O) groups excluding carboxylic acids is 3. The zero-order chi connectivity index (χ0) is 39.6. The van der Waals surface area contributed by atoms with Gasteiger partial charge in [0.15, 0.2) is 0 Å². The lowest BCUT2D eigenvalue weighted by Crippen LogP contribution is -2.43. The maximum absolute atomic E-state index is 13.5. The monoisotopic (exact) mass is 781 g/mol. The maximum Gasteiger partial charge on any atom is 0.410 e. The van der Waals surface area contributed by atoms with E-state index in [0.29, 0.717) is 63.6 Å². The fourth-order valence-electron chi connectivity index (χ4n) is 7.31. The molecule has 0 unspecified atom stereocenters. The van der Waals surface area contributed by atoms with Gasteiger partial charge in [-0.15, -0.1) is 0 Å². The van der Waals surface area contributed by atoms with E-state index in [1.165, 1.54) is 7.11 Å². The molecule has 14 heteroatoms. The molecule has 0 saturated carbocycles. The summed E-state index contributed by atoms with van der Waals surface area (Å²) in [4.78, 5) is 56.7. The van der Waals surface area contributed by atoms with Gasteiger partial charge < -0.3 is 29.7 Å². The molecule has 0 bridgehead atoms. The van der Waals surface area contributed by atoms with Gasteiger partial charge in [0.05, 0.1) is 43.3 Å². The van der Waals surface area contributed by atoms with Crippen LogP contribution < -0.4 is 15.4 Å². The number of amides is 3. The molecule has 3 aliphatic rings. The second-order valence-corrected chi connectivity index (χ2v) is 16.1. The van der Waals surface area contributed by atoms with Gasteiger partial charge in [-0.2, -0.15) is 0 Å². The number of ether oxygens (including phenoxy) is 3. The molecule has 13 nitrogen and oxygen atoms in total. The Morgan fingerprint density at radius 2 is 1.91 bits per heavy atom. The number of hydrogen-bond donors (Lipinski definition) is 2. The van der Waals surface area contributed by atoms with Crippen molar-refractivity contribution in [2.24, 2.45) is 5.92 Å². The van der Waals surface area contributed by atoms with E-state index in [9.17, 15) is 14.4 Å². The molecule has 0 radical (unpaired) electrons. The lowest BCUT2D eigenvalue weighted by molar-refractivity contribution is -0.119. The fraction of sp³-hybridized carbons (Fsp3) is 0.429. The number of aromatic nitrogens is 3. The first-order chi connectivity index (χ1) is 26.8. The van der Waals surface area contributed by atoms with Gasteiger partial charge in [0, 0.05) is 79.3 Å². The van der Waals surface area contributed by atoms with Crippen LogP contribution in [0.2, 0.25) is 5.02 Å². The number of nitrogens with zero attached hydrogens (tertiary/aromatic N) is 5. The van der Waals surface area contributed by atoms with Crippen molar-refractivity contribution < 1.29 is 28.6 Å². The van der Waals surface area contributed by atoms with E-state index in [1.807, 2.05) is 70.3 Å². The largest absolute Gasteiger partial charge is 0.481 e. The predicted octanol–water partition coefficient (Wildman–Crippen LogP) is 6.45. The Morgan fingerprint density at radius 3 is 2.62 bits per heavy atom. The molecule has 4 aromatic rings. The summed E-state index contributed by atoms with van der Waals surface area (Å²) in [5.41, 5.74) is 6.52. The van der Waals surface area contributed by atoms with Crippen LogP contribution in [0, 0.1) is 12.8 Å². The number of carbonyl (C=O) groups is 3. The minimum atomic E-state index is -0.701. The summed E-state index contributed by atoms with van der Waals surface area (Å²) in [7, 11) is 1.52. The van der Waals surface area contributed by atoms with Crippen LogP contribution in [-0.4, -0.2) is 94.3 Å². The third-order valence-corrected chi connectivity index (χ3v) is 10.7. The lowest BCUT2D eigenvalue weighted by Gasteiger charge is -2.35. The Kier molecular flexibility index (Phi) is 11.6. The van der Waals surface area contributed by atoms with Crippen molar-refractivity contribution in [3.63, 3.8) is 0 Å². The molecule has 1 aromatic carbocycles. The lowest BCUT2D eigenvalue weighted by atomic mass is 9.98. The molecule has 7 rings (SSSR count). The minimum absolute atomic E-state index is 0.0340. The van der Waals surface area contributed by atoms with Gasteiger partial charge in [-0.3, -0.25) is 24.5 Å². The standard InChI is InChI=1S/C42H48ClN7O6/c1-25-31(7-6-8-33(25)47-39(52)35-17-27-14-16-49(19-26-23-55-24-26)20-29(27)18-45-35)38-37(43)32(13-15-44-38)34-11-9-28(40(48-34)54-5)21-50(41(53)56-42(2,3)4)22-30-10-12-36(51)46-30/h6-9,11,13,15,17-18,26,30H,10,12,14,16,19-24H2,1-5H3,(H,46,51)(H,47,52)/t30-/m0/s1. The van der Waals surface area contributed by atoms with Crippen LogP contribution in [0.25, 0.3) is 22.5 Å². The van der Waals surface area contributed by atoms with Gasteiger partial charge in [-0.25, -0.2) is 9.78 Å². The van der Waals surface area contributed by atoms with E-state index in [-0.39, 0.29) is 30.9 Å². The van der Waals surface area contributed by atoms with Gasteiger partial charge in [0.25, 0.3) is 5.91 Å². The van der Waals surface area contributed by atoms with Crippen molar-refractivity contribution in [3.05, 3.63) is 87.8 Å². The summed E-state index contributed by atoms with van der Waals surface area (Å²) in [6, 6.07) is 12.8. The number of anilines is 1. The summed E-state index contributed by atoms with van der Waals surface area (Å²) in [5, 5.41) is 6.37. The number of benzene rings is 1. The van der Waals surface area contributed by atoms with E-state index >= 15 is 0 Å². The van der Waals surface area contributed by atoms with Gasteiger partial charge in [-0.1, -0.05) is 23.7 Å². The molecule has 1 atom stereocenters. The third-order valence-electron chi connectivity index (χ3n) is 10.3. The van der Waals surface area contributed by atoms with E-state index in [4.69, 9.17) is 30.8 Å². The molecule has 294 valence electrons. The van der Waals surface area contributed by atoms with Crippen LogP contribution in [0.4, 0.5) is 10.5 Å². The number of hydrogen-bond acceptors (Lipinski definition) is 10. The first-order valence-electron chi connectivity index (χ1n) is 19.0. The molecule has 3 aromatic heterocycles. The number of methoxy groups -OCH3 is 1. The van der Waals surface area contributed by atoms with Crippen LogP contribution >= 0.6 is 11.6 Å². The number of rotatable bonds is 11. The first kappa shape index (κ1) is 39.1. The Labute approximate surface area is 332 Å². The summed E-state index contributed by atoms with van der Waals surface area (Å²) in [5.74, 6) is 0.597. The highest BCUT2D eigenvalue weighted by atomic mass is 35.5. The molecular weight excluding hydrogens is 734 g/mol. The molecule has 56 heavy (non-hydrogen) atoms. The van der Waals surface area contributed by atoms with Crippen LogP contribution in [0.15, 0.2) is 54.9 Å². The number of nitrogens with one attached hydrogen (secondary N) is 2. The summed E-state index contributed by atoms with van der Waals surface area (Å²) in [6.45, 7) is 12.3. The molecule has 2 fully saturated rings. The van der Waals surface area contributed by atoms with Gasteiger partial charge in [-0.05, 0) is 87.6 Å². The minimum Gasteiger partial charge on any atom is -0.481 e. The molecule has 3 amide bonds. The van der Waals surface area contributed by atoms with Crippen molar-refractivity contribution >= 4 is 35.2 Å². The summed E-state index contributed by atoms with van der Waals surface area (Å²) in [6.07, 6.45) is 4.92. The smallest absolute Gasteiger partial charge is 0.410 e. The normalized spacial score (nSPS) is 17.1. The average molecular weight is 782 g/mol. The van der Waals surface area contributed by atoms with Gasteiger partial charge >= 0.3 is 6.09 Å².